The van der Waals surface area contributed by atoms with E-state index in [0.717, 1.165) is 51.4 Å². The molecule has 0 aliphatic carbocycles. The summed E-state index contributed by atoms with van der Waals surface area (Å²) in [6.07, 6.45) is 12.7. The lowest BCUT2D eigenvalue weighted by molar-refractivity contribution is -0.149. The highest BCUT2D eigenvalue weighted by Gasteiger charge is 2.28. The van der Waals surface area contributed by atoms with Crippen LogP contribution in [0.5, 0.6) is 0 Å². The van der Waals surface area contributed by atoms with Crippen LogP contribution in [0.1, 0.15) is 125 Å². The van der Waals surface area contributed by atoms with Crippen molar-refractivity contribution in [2.24, 2.45) is 11.8 Å². The fourth-order valence-electron chi connectivity index (χ4n) is 3.40. The normalized spacial score (nSPS) is 14.6. The molecular formula is C28H55O6PS2. The number of hydrogen-bond acceptors (Lipinski definition) is 8. The average molecular weight is 583 g/mol. The van der Waals surface area contributed by atoms with Crippen LogP contribution in [0.2, 0.25) is 0 Å². The van der Waals surface area contributed by atoms with Crippen LogP contribution in [0, 0.1) is 11.8 Å². The van der Waals surface area contributed by atoms with Gasteiger partial charge in [0.15, 0.2) is 0 Å². The number of ether oxygens (including phenoxy) is 2. The number of carbonyl (C=O) groups excluding carboxylic acids is 2. The van der Waals surface area contributed by atoms with Crippen molar-refractivity contribution >= 4 is 40.7 Å². The van der Waals surface area contributed by atoms with Crippen LogP contribution in [0.3, 0.4) is 0 Å². The van der Waals surface area contributed by atoms with Gasteiger partial charge in [0.05, 0.1) is 32.8 Å². The molecule has 0 amide bonds. The van der Waals surface area contributed by atoms with Crippen LogP contribution in [0.25, 0.3) is 0 Å². The molecule has 0 saturated heterocycles. The quantitative estimate of drug-likeness (QED) is 0.0432. The molecule has 0 fully saturated rings. The van der Waals surface area contributed by atoms with Crippen molar-refractivity contribution in [3.05, 3.63) is 0 Å². The summed E-state index contributed by atoms with van der Waals surface area (Å²) < 4.78 is 23.4. The standard InChI is InChI=1S/C28H55O6PS2/c1-7-13-17-24(11-5)22-33-35(34-23-25(12-6)18-14-8-2)37-36-26(28(30)32-20-16-10-4)21-27(29)31-19-15-9-3/h24-26H,7-23H2,1-6H3. The molecular weight excluding hydrogens is 527 g/mol. The molecule has 9 heteroatoms. The first kappa shape index (κ1) is 37.0. The van der Waals surface area contributed by atoms with E-state index in [1.54, 1.807) is 0 Å². The number of unbranched alkanes of at least 4 members (excludes halogenated alkanes) is 4. The Hall–Kier alpha value is -0.0100. The molecule has 0 spiro atoms. The summed E-state index contributed by atoms with van der Waals surface area (Å²) in [4.78, 5) is 25.2. The first-order valence-corrected chi connectivity index (χ1v) is 18.7. The molecule has 0 N–H and O–H groups in total. The Morgan fingerprint density at radius 2 is 1.19 bits per heavy atom. The SMILES string of the molecule is CCCCOC(=O)CC(SSP(OCC(CC)CCCC)OCC(CC)CCCC)C(=O)OCCCC. The molecule has 0 radical (unpaired) electrons. The van der Waals surface area contributed by atoms with Crippen LogP contribution in [0.15, 0.2) is 0 Å². The second-order valence-corrected chi connectivity index (χ2v) is 14.7. The maximum Gasteiger partial charge on any atom is 0.320 e. The topological polar surface area (TPSA) is 71.1 Å². The Kier molecular flexibility index (Phi) is 26.2. The molecule has 0 aliphatic rings. The maximum atomic E-state index is 12.8. The number of esters is 2. The van der Waals surface area contributed by atoms with E-state index in [9.17, 15) is 9.59 Å². The summed E-state index contributed by atoms with van der Waals surface area (Å²) in [7, 11) is 1.53. The van der Waals surface area contributed by atoms with Crippen molar-refractivity contribution in [2.45, 2.75) is 130 Å². The molecule has 6 nitrogen and oxygen atoms in total. The highest BCUT2D eigenvalue weighted by Crippen LogP contribution is 2.60. The minimum atomic E-state index is -1.26. The lowest BCUT2D eigenvalue weighted by Crippen LogP contribution is -2.24. The molecule has 0 aliphatic heterocycles. The van der Waals surface area contributed by atoms with Crippen LogP contribution < -0.4 is 0 Å². The predicted molar refractivity (Wildman–Crippen MR) is 161 cm³/mol. The third-order valence-corrected chi connectivity index (χ3v) is 11.6. The zero-order chi connectivity index (χ0) is 27.7. The Morgan fingerprint density at radius 3 is 1.65 bits per heavy atom. The summed E-state index contributed by atoms with van der Waals surface area (Å²) in [5, 5.41) is -0.641. The number of carbonyl (C=O) groups is 2. The van der Waals surface area contributed by atoms with E-state index in [1.807, 2.05) is 6.92 Å². The summed E-state index contributed by atoms with van der Waals surface area (Å²) in [5.41, 5.74) is 0. The molecule has 0 rings (SSSR count). The van der Waals surface area contributed by atoms with E-state index in [2.05, 4.69) is 34.6 Å². The zero-order valence-corrected chi connectivity index (χ0v) is 27.0. The van der Waals surface area contributed by atoms with E-state index in [-0.39, 0.29) is 18.4 Å². The minimum Gasteiger partial charge on any atom is -0.466 e. The Labute approximate surface area is 236 Å². The van der Waals surface area contributed by atoms with E-state index in [4.69, 9.17) is 18.5 Å². The van der Waals surface area contributed by atoms with Crippen molar-refractivity contribution in [3.63, 3.8) is 0 Å². The van der Waals surface area contributed by atoms with Crippen LogP contribution >= 0.6 is 28.8 Å². The van der Waals surface area contributed by atoms with Crippen molar-refractivity contribution < 1.29 is 28.1 Å². The van der Waals surface area contributed by atoms with E-state index in [1.165, 1.54) is 46.9 Å². The molecule has 0 aromatic heterocycles. The molecule has 220 valence electrons. The Bertz CT molecular complexity index is 535. The van der Waals surface area contributed by atoms with Gasteiger partial charge in [0.25, 0.3) is 0 Å². The van der Waals surface area contributed by atoms with E-state index >= 15 is 0 Å². The molecule has 0 aromatic rings. The highest BCUT2D eigenvalue weighted by molar-refractivity contribution is 8.98. The van der Waals surface area contributed by atoms with Crippen molar-refractivity contribution in [3.8, 4) is 0 Å². The molecule has 0 bridgehead atoms. The largest absolute Gasteiger partial charge is 0.466 e. The van der Waals surface area contributed by atoms with E-state index < -0.39 is 12.8 Å². The van der Waals surface area contributed by atoms with Gasteiger partial charge in [0.1, 0.15) is 5.25 Å². The van der Waals surface area contributed by atoms with Crippen molar-refractivity contribution in [2.75, 3.05) is 26.4 Å². The maximum absolute atomic E-state index is 12.8. The average Bonchev–Trinajstić information content (AvgIpc) is 2.90. The Balaban J connectivity index is 5.24. The third kappa shape index (κ3) is 20.5. The first-order chi connectivity index (χ1) is 17.9. The molecule has 0 saturated carbocycles. The highest BCUT2D eigenvalue weighted by atomic mass is 33.3. The van der Waals surface area contributed by atoms with Gasteiger partial charge in [-0.1, -0.05) is 104 Å². The number of rotatable bonds is 26. The van der Waals surface area contributed by atoms with Crippen LogP contribution in [-0.2, 0) is 28.1 Å². The lowest BCUT2D eigenvalue weighted by Gasteiger charge is -2.23. The molecule has 3 atom stereocenters. The van der Waals surface area contributed by atoms with Gasteiger partial charge in [-0.2, -0.15) is 0 Å². The fourth-order valence-corrected chi connectivity index (χ4v) is 8.68. The van der Waals surface area contributed by atoms with Crippen molar-refractivity contribution in [1.29, 1.82) is 0 Å². The molecule has 3 unspecified atom stereocenters. The molecule has 0 aromatic carbocycles. The van der Waals surface area contributed by atoms with Gasteiger partial charge < -0.3 is 18.5 Å². The van der Waals surface area contributed by atoms with E-state index in [0.29, 0.717) is 38.3 Å². The van der Waals surface area contributed by atoms with Crippen LogP contribution in [-0.4, -0.2) is 43.6 Å². The van der Waals surface area contributed by atoms with Crippen LogP contribution in [0.4, 0.5) is 0 Å². The van der Waals surface area contributed by atoms with Gasteiger partial charge in [-0.15, -0.1) is 0 Å². The third-order valence-electron chi connectivity index (χ3n) is 6.26. The van der Waals surface area contributed by atoms with Gasteiger partial charge in [-0.25, -0.2) is 0 Å². The van der Waals surface area contributed by atoms with Gasteiger partial charge in [0.2, 0.25) is 7.58 Å². The van der Waals surface area contributed by atoms with Gasteiger partial charge in [-0.3, -0.25) is 9.59 Å². The second kappa shape index (κ2) is 26.2. The summed E-state index contributed by atoms with van der Waals surface area (Å²) >= 11 is 0. The predicted octanol–water partition coefficient (Wildman–Crippen LogP) is 9.51. The summed E-state index contributed by atoms with van der Waals surface area (Å²) in [5.74, 6) is 0.285. The smallest absolute Gasteiger partial charge is 0.320 e. The van der Waals surface area contributed by atoms with Gasteiger partial charge in [-0.05, 0) is 47.9 Å². The summed E-state index contributed by atoms with van der Waals surface area (Å²) in [6.45, 7) is 15.0. The zero-order valence-electron chi connectivity index (χ0n) is 24.5. The molecule has 37 heavy (non-hydrogen) atoms. The minimum absolute atomic E-state index is 0.00230. The second-order valence-electron chi connectivity index (χ2n) is 9.61. The van der Waals surface area contributed by atoms with Gasteiger partial charge >= 0.3 is 11.9 Å². The monoisotopic (exact) mass is 582 g/mol. The Morgan fingerprint density at radius 1 is 0.703 bits per heavy atom. The number of hydrogen-bond donors (Lipinski definition) is 0. The summed E-state index contributed by atoms with van der Waals surface area (Å²) in [6, 6.07) is 0. The molecule has 0 heterocycles. The van der Waals surface area contributed by atoms with Gasteiger partial charge in [0, 0.05) is 0 Å². The first-order valence-electron chi connectivity index (χ1n) is 14.7. The van der Waals surface area contributed by atoms with Crippen molar-refractivity contribution in [1.82, 2.24) is 0 Å². The fraction of sp³-hybridized carbons (Fsp3) is 0.929. The lowest BCUT2D eigenvalue weighted by atomic mass is 10.0.